The summed E-state index contributed by atoms with van der Waals surface area (Å²) in [6.45, 7) is 0.0540. The fourth-order valence-electron chi connectivity index (χ4n) is 4.04. The van der Waals surface area contributed by atoms with Gasteiger partial charge in [-0.05, 0) is 41.5 Å². The van der Waals surface area contributed by atoms with Crippen molar-refractivity contribution in [1.82, 2.24) is 9.97 Å². The number of benzene rings is 4. The highest BCUT2D eigenvalue weighted by molar-refractivity contribution is 7.92. The molecule has 6 rings (SSSR count). The number of hydrogen-bond acceptors (Lipinski definition) is 6. The highest BCUT2D eigenvalue weighted by atomic mass is 35.5. The van der Waals surface area contributed by atoms with Crippen LogP contribution in [-0.2, 0) is 16.6 Å². The molecule has 0 N–H and O–H groups in total. The van der Waals surface area contributed by atoms with Crippen LogP contribution in [-0.4, -0.2) is 18.4 Å². The molecule has 6 nitrogen and oxygen atoms in total. The molecule has 0 aliphatic heterocycles. The van der Waals surface area contributed by atoms with Gasteiger partial charge in [0.2, 0.25) is 0 Å². The Morgan fingerprint density at radius 1 is 0.842 bits per heavy atom. The summed E-state index contributed by atoms with van der Waals surface area (Å²) in [7, 11) is -4.02. The third kappa shape index (κ3) is 4.81. The predicted molar refractivity (Wildman–Crippen MR) is 152 cm³/mol. The molecule has 0 amide bonds. The van der Waals surface area contributed by atoms with E-state index in [1.165, 1.54) is 4.31 Å². The van der Waals surface area contributed by atoms with Crippen LogP contribution >= 0.6 is 22.9 Å². The molecule has 0 radical (unpaired) electrons. The lowest BCUT2D eigenvalue weighted by atomic mass is 10.2. The van der Waals surface area contributed by atoms with Crippen molar-refractivity contribution < 1.29 is 12.8 Å². The van der Waals surface area contributed by atoms with Gasteiger partial charge in [-0.2, -0.15) is 4.98 Å². The van der Waals surface area contributed by atoms with Crippen LogP contribution < -0.4 is 4.31 Å². The maximum atomic E-state index is 13.9. The van der Waals surface area contributed by atoms with Gasteiger partial charge in [-0.15, -0.1) is 11.3 Å². The Balaban J connectivity index is 1.35. The predicted octanol–water partition coefficient (Wildman–Crippen LogP) is 7.67. The van der Waals surface area contributed by atoms with Gasteiger partial charge in [-0.25, -0.2) is 17.7 Å². The molecule has 0 atom stereocenters. The van der Waals surface area contributed by atoms with Gasteiger partial charge in [0.25, 0.3) is 10.0 Å². The number of sulfonamides is 1. The summed E-state index contributed by atoms with van der Waals surface area (Å²) in [5, 5.41) is 1.30. The maximum Gasteiger partial charge on any atom is 0.313 e. The number of hydrogen-bond donors (Lipinski definition) is 0. The second kappa shape index (κ2) is 10.1. The van der Waals surface area contributed by atoms with Gasteiger partial charge >= 0.3 is 6.01 Å². The van der Waals surface area contributed by atoms with E-state index in [0.717, 1.165) is 26.6 Å². The van der Waals surface area contributed by atoms with Crippen molar-refractivity contribution in [3.63, 3.8) is 0 Å². The molecule has 0 saturated heterocycles. The van der Waals surface area contributed by atoms with Gasteiger partial charge in [-0.1, -0.05) is 84.4 Å². The van der Waals surface area contributed by atoms with E-state index in [-0.39, 0.29) is 17.5 Å². The lowest BCUT2D eigenvalue weighted by molar-refractivity contribution is 0.564. The Hall–Kier alpha value is -3.98. The summed E-state index contributed by atoms with van der Waals surface area (Å²) in [6.07, 6.45) is 1.83. The average molecular weight is 558 g/mol. The van der Waals surface area contributed by atoms with Crippen LogP contribution in [0, 0.1) is 0 Å². The van der Waals surface area contributed by atoms with E-state index in [1.807, 2.05) is 66.9 Å². The second-order valence-corrected chi connectivity index (χ2v) is 11.9. The van der Waals surface area contributed by atoms with Gasteiger partial charge in [0, 0.05) is 16.8 Å². The Morgan fingerprint density at radius 2 is 1.55 bits per heavy atom. The Labute approximate surface area is 228 Å². The van der Waals surface area contributed by atoms with E-state index < -0.39 is 10.0 Å². The third-order valence-electron chi connectivity index (χ3n) is 5.97. The zero-order valence-corrected chi connectivity index (χ0v) is 22.2. The number of nitrogens with zero attached hydrogens (tertiary/aromatic N) is 3. The molecule has 4 aromatic carbocycles. The van der Waals surface area contributed by atoms with E-state index in [0.29, 0.717) is 16.1 Å². The maximum absolute atomic E-state index is 13.9. The normalized spacial score (nSPS) is 11.6. The SMILES string of the molecule is O=S(=O)(c1ccc(-c2ncc(-c3ccccc3)s2)cc1)N(Cc1ccccc1)c1nc2cc(Cl)ccc2o1. The fourth-order valence-corrected chi connectivity index (χ4v) is 6.47. The van der Waals surface area contributed by atoms with Gasteiger partial charge in [0.05, 0.1) is 16.3 Å². The van der Waals surface area contributed by atoms with E-state index in [2.05, 4.69) is 9.97 Å². The van der Waals surface area contributed by atoms with E-state index >= 15 is 0 Å². The standard InChI is InChI=1S/C29H20ClN3O3S2/c30-23-13-16-26-25(17-23)32-29(36-26)33(19-20-7-3-1-4-8-20)38(34,35)24-14-11-22(12-15-24)28-31-18-27(37-28)21-9-5-2-6-10-21/h1-18H,19H2. The minimum Gasteiger partial charge on any atom is -0.423 e. The molecule has 2 heterocycles. The molecule has 6 aromatic rings. The van der Waals surface area contributed by atoms with Gasteiger partial charge in [0.15, 0.2) is 5.58 Å². The fraction of sp³-hybridized carbons (Fsp3) is 0.0345. The topological polar surface area (TPSA) is 76.3 Å². The minimum absolute atomic E-state index is 0.0253. The average Bonchev–Trinajstić information content (AvgIpc) is 3.60. The van der Waals surface area contributed by atoms with E-state index in [9.17, 15) is 8.42 Å². The molecule has 0 unspecified atom stereocenters. The van der Waals surface area contributed by atoms with Crippen molar-refractivity contribution in [3.8, 4) is 21.0 Å². The zero-order chi connectivity index (χ0) is 26.1. The number of oxazole rings is 1. The lowest BCUT2D eigenvalue weighted by Gasteiger charge is -2.21. The summed E-state index contributed by atoms with van der Waals surface area (Å²) in [4.78, 5) is 10.2. The molecular weight excluding hydrogens is 538 g/mol. The van der Waals surface area contributed by atoms with Crippen molar-refractivity contribution in [2.24, 2.45) is 0 Å². The van der Waals surface area contributed by atoms with Crippen molar-refractivity contribution in [2.45, 2.75) is 11.4 Å². The van der Waals surface area contributed by atoms with Crippen molar-refractivity contribution >= 4 is 50.1 Å². The van der Waals surface area contributed by atoms with Crippen LogP contribution in [0.5, 0.6) is 0 Å². The number of rotatable bonds is 7. The molecule has 0 saturated carbocycles. The third-order valence-corrected chi connectivity index (χ3v) is 9.04. The van der Waals surface area contributed by atoms with E-state index in [4.69, 9.17) is 16.0 Å². The highest BCUT2D eigenvalue weighted by Gasteiger charge is 2.29. The molecular formula is C29H20ClN3O3S2. The number of fused-ring (bicyclic) bond motifs is 1. The highest BCUT2D eigenvalue weighted by Crippen LogP contribution is 2.34. The zero-order valence-electron chi connectivity index (χ0n) is 19.9. The summed E-state index contributed by atoms with van der Waals surface area (Å²) in [5.74, 6) is 0. The minimum atomic E-state index is -4.02. The van der Waals surface area contributed by atoms with Gasteiger partial charge < -0.3 is 4.42 Å². The summed E-state index contributed by atoms with van der Waals surface area (Å²) in [5.41, 5.74) is 3.65. The quantitative estimate of drug-likeness (QED) is 0.201. The first kappa shape index (κ1) is 24.4. The Kier molecular flexibility index (Phi) is 6.45. The smallest absolute Gasteiger partial charge is 0.313 e. The van der Waals surface area contributed by atoms with Crippen LogP contribution in [0.1, 0.15) is 5.56 Å². The monoisotopic (exact) mass is 557 g/mol. The molecule has 38 heavy (non-hydrogen) atoms. The van der Waals surface area contributed by atoms with Gasteiger partial charge in [0.1, 0.15) is 10.5 Å². The Morgan fingerprint density at radius 3 is 2.29 bits per heavy atom. The molecule has 0 bridgehead atoms. The first-order valence-corrected chi connectivity index (χ1v) is 14.4. The van der Waals surface area contributed by atoms with Crippen LogP contribution in [0.3, 0.4) is 0 Å². The molecule has 0 spiro atoms. The summed E-state index contributed by atoms with van der Waals surface area (Å²) < 4.78 is 34.9. The molecule has 0 aliphatic carbocycles. The molecule has 2 aromatic heterocycles. The molecule has 0 fully saturated rings. The largest absolute Gasteiger partial charge is 0.423 e. The first-order valence-electron chi connectivity index (χ1n) is 11.7. The molecule has 9 heteroatoms. The number of thiazole rings is 1. The second-order valence-electron chi connectivity index (χ2n) is 8.53. The van der Waals surface area contributed by atoms with Crippen molar-refractivity contribution in [1.29, 1.82) is 0 Å². The number of aromatic nitrogens is 2. The van der Waals surface area contributed by atoms with Crippen LogP contribution in [0.15, 0.2) is 119 Å². The Bertz CT molecular complexity index is 1820. The van der Waals surface area contributed by atoms with Crippen LogP contribution in [0.25, 0.3) is 32.1 Å². The summed E-state index contributed by atoms with van der Waals surface area (Å²) in [6, 6.07) is 31.0. The van der Waals surface area contributed by atoms with Crippen LogP contribution in [0.4, 0.5) is 6.01 Å². The molecule has 188 valence electrons. The van der Waals surface area contributed by atoms with Gasteiger partial charge in [-0.3, -0.25) is 0 Å². The lowest BCUT2D eigenvalue weighted by Crippen LogP contribution is -2.30. The number of anilines is 1. The first-order chi connectivity index (χ1) is 18.5. The van der Waals surface area contributed by atoms with Crippen molar-refractivity contribution in [3.05, 3.63) is 120 Å². The van der Waals surface area contributed by atoms with Crippen molar-refractivity contribution in [2.75, 3.05) is 4.31 Å². The molecule has 0 aliphatic rings. The van der Waals surface area contributed by atoms with E-state index in [1.54, 1.807) is 53.8 Å². The number of halogens is 1. The summed E-state index contributed by atoms with van der Waals surface area (Å²) >= 11 is 7.66. The van der Waals surface area contributed by atoms with Crippen LogP contribution in [0.2, 0.25) is 5.02 Å².